The molecule has 6 nitrogen and oxygen atoms in total. The van der Waals surface area contributed by atoms with Crippen molar-refractivity contribution >= 4 is 11.6 Å². The summed E-state index contributed by atoms with van der Waals surface area (Å²) in [6.45, 7) is 2.58. The number of anilines is 2. The van der Waals surface area contributed by atoms with Gasteiger partial charge in [-0.3, -0.25) is 0 Å². The number of aromatic nitrogens is 3. The van der Waals surface area contributed by atoms with Crippen LogP contribution in [-0.4, -0.2) is 35.7 Å². The molecule has 6 heteroatoms. The number of nitrogens with two attached hydrogens (primary N) is 1. The first-order chi connectivity index (χ1) is 9.60. The van der Waals surface area contributed by atoms with Crippen molar-refractivity contribution in [2.45, 2.75) is 13.3 Å². The summed E-state index contributed by atoms with van der Waals surface area (Å²) in [4.78, 5) is 14.4. The Morgan fingerprint density at radius 1 is 1.10 bits per heavy atom. The molecule has 1 heterocycles. The van der Waals surface area contributed by atoms with Crippen molar-refractivity contribution in [3.63, 3.8) is 0 Å². The number of benzene rings is 1. The van der Waals surface area contributed by atoms with Gasteiger partial charge in [0.2, 0.25) is 5.95 Å². The van der Waals surface area contributed by atoms with Crippen LogP contribution in [-0.2, 0) is 0 Å². The number of ether oxygens (including phenoxy) is 1. The van der Waals surface area contributed by atoms with Gasteiger partial charge in [-0.2, -0.15) is 15.0 Å². The first-order valence-corrected chi connectivity index (χ1v) is 6.52. The lowest BCUT2D eigenvalue weighted by Crippen LogP contribution is -2.08. The summed E-state index contributed by atoms with van der Waals surface area (Å²) in [6.07, 6.45) is 0.887. The smallest absolute Gasteiger partial charge is 0.321 e. The second-order valence-corrected chi connectivity index (χ2v) is 4.59. The average Bonchev–Trinajstić information content (AvgIpc) is 2.44. The van der Waals surface area contributed by atoms with Crippen LogP contribution in [0.15, 0.2) is 24.3 Å². The molecule has 2 N–H and O–H groups in total. The molecular formula is C14H19N5O. The molecule has 20 heavy (non-hydrogen) atoms. The molecule has 1 aromatic heterocycles. The van der Waals surface area contributed by atoms with E-state index in [-0.39, 0.29) is 12.0 Å². The molecule has 0 aliphatic heterocycles. The first-order valence-electron chi connectivity index (χ1n) is 6.52. The molecule has 2 aromatic rings. The zero-order chi connectivity index (χ0) is 14.5. The third-order valence-corrected chi connectivity index (χ3v) is 2.71. The van der Waals surface area contributed by atoms with Gasteiger partial charge in [0.25, 0.3) is 0 Å². The van der Waals surface area contributed by atoms with Crippen molar-refractivity contribution in [1.29, 1.82) is 0 Å². The van der Waals surface area contributed by atoms with Gasteiger partial charge in [-0.15, -0.1) is 0 Å². The van der Waals surface area contributed by atoms with Crippen LogP contribution in [0.5, 0.6) is 6.01 Å². The van der Waals surface area contributed by atoms with E-state index in [9.17, 15) is 0 Å². The zero-order valence-corrected chi connectivity index (χ0v) is 12.0. The maximum Gasteiger partial charge on any atom is 0.321 e. The predicted octanol–water partition coefficient (Wildman–Crippen LogP) is 1.98. The van der Waals surface area contributed by atoms with Crippen molar-refractivity contribution in [1.82, 2.24) is 15.0 Å². The molecular weight excluding hydrogens is 254 g/mol. The molecule has 106 valence electrons. The second-order valence-electron chi connectivity index (χ2n) is 4.59. The lowest BCUT2D eigenvalue weighted by molar-refractivity contribution is 0.292. The van der Waals surface area contributed by atoms with Crippen LogP contribution in [0.1, 0.15) is 13.3 Å². The topological polar surface area (TPSA) is 77.2 Å². The van der Waals surface area contributed by atoms with E-state index < -0.39 is 0 Å². The van der Waals surface area contributed by atoms with Gasteiger partial charge in [0.15, 0.2) is 5.82 Å². The van der Waals surface area contributed by atoms with Gasteiger partial charge in [-0.25, -0.2) is 0 Å². The minimum absolute atomic E-state index is 0.165. The van der Waals surface area contributed by atoms with E-state index in [1.54, 1.807) is 0 Å². The summed E-state index contributed by atoms with van der Waals surface area (Å²) in [7, 11) is 3.99. The van der Waals surface area contributed by atoms with Crippen molar-refractivity contribution < 1.29 is 4.74 Å². The molecule has 0 saturated heterocycles. The fraction of sp³-hybridized carbons (Fsp3) is 0.357. The van der Waals surface area contributed by atoms with Gasteiger partial charge in [0, 0.05) is 25.3 Å². The van der Waals surface area contributed by atoms with Crippen molar-refractivity contribution in [2.24, 2.45) is 0 Å². The quantitative estimate of drug-likeness (QED) is 0.897. The van der Waals surface area contributed by atoms with Crippen molar-refractivity contribution in [3.05, 3.63) is 24.3 Å². The maximum atomic E-state index is 5.70. The Morgan fingerprint density at radius 3 is 2.40 bits per heavy atom. The Kier molecular flexibility index (Phi) is 4.34. The second kappa shape index (κ2) is 6.18. The van der Waals surface area contributed by atoms with Gasteiger partial charge in [-0.1, -0.05) is 6.92 Å². The fourth-order valence-corrected chi connectivity index (χ4v) is 1.67. The molecule has 0 amide bonds. The molecule has 0 bridgehead atoms. The van der Waals surface area contributed by atoms with Gasteiger partial charge in [-0.05, 0) is 30.7 Å². The first kappa shape index (κ1) is 14.0. The fourth-order valence-electron chi connectivity index (χ4n) is 1.67. The monoisotopic (exact) mass is 273 g/mol. The Morgan fingerprint density at radius 2 is 1.80 bits per heavy atom. The molecule has 2 rings (SSSR count). The summed E-state index contributed by atoms with van der Waals surface area (Å²) in [5.74, 6) is 0.687. The highest BCUT2D eigenvalue weighted by molar-refractivity contribution is 5.60. The summed E-state index contributed by atoms with van der Waals surface area (Å²) < 4.78 is 5.41. The van der Waals surface area contributed by atoms with E-state index in [1.807, 2.05) is 50.2 Å². The summed E-state index contributed by atoms with van der Waals surface area (Å²) in [5, 5.41) is 0. The minimum atomic E-state index is 0.165. The van der Waals surface area contributed by atoms with Crippen LogP contribution >= 0.6 is 0 Å². The van der Waals surface area contributed by atoms with E-state index in [2.05, 4.69) is 15.0 Å². The predicted molar refractivity (Wildman–Crippen MR) is 79.8 cm³/mol. The number of nitrogen functional groups attached to an aromatic ring is 1. The molecule has 0 radical (unpaired) electrons. The minimum Gasteiger partial charge on any atom is -0.463 e. The van der Waals surface area contributed by atoms with Crippen molar-refractivity contribution in [2.75, 3.05) is 31.3 Å². The van der Waals surface area contributed by atoms with Gasteiger partial charge in [0.1, 0.15) is 0 Å². The number of nitrogens with zero attached hydrogens (tertiary/aromatic N) is 4. The highest BCUT2D eigenvalue weighted by atomic mass is 16.5. The van der Waals surface area contributed by atoms with E-state index in [1.165, 1.54) is 0 Å². The average molecular weight is 273 g/mol. The van der Waals surface area contributed by atoms with Gasteiger partial charge < -0.3 is 15.4 Å². The SMILES string of the molecule is CCCOc1nc(N)nc(-c2ccc(N(C)C)cc2)n1. The van der Waals surface area contributed by atoms with Gasteiger partial charge in [0.05, 0.1) is 6.61 Å². The van der Waals surface area contributed by atoms with Crippen LogP contribution in [0.25, 0.3) is 11.4 Å². The van der Waals surface area contributed by atoms with E-state index in [0.29, 0.717) is 12.4 Å². The lowest BCUT2D eigenvalue weighted by atomic mass is 10.2. The van der Waals surface area contributed by atoms with Crippen LogP contribution < -0.4 is 15.4 Å². The Labute approximate surface area is 118 Å². The number of hydrogen-bond acceptors (Lipinski definition) is 6. The molecule has 1 aromatic carbocycles. The van der Waals surface area contributed by atoms with Crippen LogP contribution in [0.3, 0.4) is 0 Å². The normalized spacial score (nSPS) is 10.3. The van der Waals surface area contributed by atoms with Crippen LogP contribution in [0.2, 0.25) is 0 Å². The van der Waals surface area contributed by atoms with E-state index in [0.717, 1.165) is 17.7 Å². The molecule has 0 saturated carbocycles. The Hall–Kier alpha value is -2.37. The largest absolute Gasteiger partial charge is 0.463 e. The lowest BCUT2D eigenvalue weighted by Gasteiger charge is -2.12. The van der Waals surface area contributed by atoms with Crippen LogP contribution in [0.4, 0.5) is 11.6 Å². The van der Waals surface area contributed by atoms with Gasteiger partial charge >= 0.3 is 6.01 Å². The van der Waals surface area contributed by atoms with Crippen molar-refractivity contribution in [3.8, 4) is 17.4 Å². The molecule has 0 fully saturated rings. The zero-order valence-electron chi connectivity index (χ0n) is 12.0. The molecule has 0 unspecified atom stereocenters. The molecule has 0 aliphatic carbocycles. The maximum absolute atomic E-state index is 5.70. The Balaban J connectivity index is 2.29. The standard InChI is InChI=1S/C14H19N5O/c1-4-9-20-14-17-12(16-13(15)18-14)10-5-7-11(8-6-10)19(2)3/h5-8H,4,9H2,1-3H3,(H2,15,16,17,18). The summed E-state index contributed by atoms with van der Waals surface area (Å²) in [5.41, 5.74) is 7.69. The summed E-state index contributed by atoms with van der Waals surface area (Å²) in [6, 6.07) is 8.18. The molecule has 0 atom stereocenters. The van der Waals surface area contributed by atoms with E-state index >= 15 is 0 Å². The van der Waals surface area contributed by atoms with E-state index in [4.69, 9.17) is 10.5 Å². The molecule has 0 aliphatic rings. The highest BCUT2D eigenvalue weighted by Gasteiger charge is 2.08. The third-order valence-electron chi connectivity index (χ3n) is 2.71. The third kappa shape index (κ3) is 3.34. The summed E-state index contributed by atoms with van der Waals surface area (Å²) >= 11 is 0. The van der Waals surface area contributed by atoms with Crippen LogP contribution in [0, 0.1) is 0 Å². The number of hydrogen-bond donors (Lipinski definition) is 1. The molecule has 0 spiro atoms. The highest BCUT2D eigenvalue weighted by Crippen LogP contribution is 2.21. The Bertz CT molecular complexity index is 568. The number of rotatable bonds is 5.